The number of phenolic OH excluding ortho intramolecular Hbond substituents is 1. The van der Waals surface area contributed by atoms with Crippen LogP contribution in [0.1, 0.15) is 34.5 Å². The normalized spacial score (nSPS) is 11.8. The first-order valence-corrected chi connectivity index (χ1v) is 6.75. The van der Waals surface area contributed by atoms with E-state index in [1.54, 1.807) is 24.3 Å². The van der Waals surface area contributed by atoms with Crippen LogP contribution >= 0.6 is 0 Å². The van der Waals surface area contributed by atoms with E-state index < -0.39 is 0 Å². The van der Waals surface area contributed by atoms with Crippen LogP contribution in [-0.2, 0) is 4.74 Å². The second kappa shape index (κ2) is 6.31. The van der Waals surface area contributed by atoms with Crippen molar-refractivity contribution in [2.45, 2.75) is 19.9 Å². The van der Waals surface area contributed by atoms with Gasteiger partial charge in [-0.25, -0.2) is 4.79 Å². The largest absolute Gasteiger partial charge is 0.508 e. The predicted octanol–water partition coefficient (Wildman–Crippen LogP) is 3.66. The first kappa shape index (κ1) is 14.9. The molecule has 2 aromatic rings. The van der Waals surface area contributed by atoms with Crippen molar-refractivity contribution in [1.29, 1.82) is 0 Å². The molecule has 21 heavy (non-hydrogen) atoms. The Morgan fingerprint density at radius 1 is 1.24 bits per heavy atom. The van der Waals surface area contributed by atoms with Gasteiger partial charge in [-0.15, -0.1) is 0 Å². The second-order valence-electron chi connectivity index (χ2n) is 5.00. The highest BCUT2D eigenvalue weighted by Gasteiger charge is 2.12. The van der Waals surface area contributed by atoms with Gasteiger partial charge in [-0.05, 0) is 38.1 Å². The third-order valence-corrected chi connectivity index (χ3v) is 3.32. The summed E-state index contributed by atoms with van der Waals surface area (Å²) in [5.41, 5.74) is 3.19. The van der Waals surface area contributed by atoms with E-state index in [2.05, 4.69) is 5.32 Å². The van der Waals surface area contributed by atoms with E-state index in [-0.39, 0.29) is 17.8 Å². The quantitative estimate of drug-likeness (QED) is 0.842. The van der Waals surface area contributed by atoms with Gasteiger partial charge in [0.25, 0.3) is 0 Å². The molecule has 0 spiro atoms. The molecular weight excluding hydrogens is 266 g/mol. The van der Waals surface area contributed by atoms with Gasteiger partial charge < -0.3 is 15.2 Å². The Morgan fingerprint density at radius 3 is 2.71 bits per heavy atom. The molecule has 1 atom stereocenters. The number of ether oxygens (including phenoxy) is 1. The summed E-state index contributed by atoms with van der Waals surface area (Å²) >= 11 is 0. The lowest BCUT2D eigenvalue weighted by atomic mass is 10.0. The molecule has 0 saturated carbocycles. The number of methoxy groups -OCH3 is 1. The molecule has 0 fully saturated rings. The average molecular weight is 285 g/mol. The van der Waals surface area contributed by atoms with Gasteiger partial charge in [0.15, 0.2) is 0 Å². The van der Waals surface area contributed by atoms with E-state index >= 15 is 0 Å². The number of benzene rings is 2. The lowest BCUT2D eigenvalue weighted by molar-refractivity contribution is 0.0601. The molecule has 0 aliphatic heterocycles. The number of carbonyl (C=O) groups is 1. The lowest BCUT2D eigenvalue weighted by Crippen LogP contribution is -2.08. The van der Waals surface area contributed by atoms with Crippen molar-refractivity contribution >= 4 is 11.7 Å². The van der Waals surface area contributed by atoms with Crippen LogP contribution in [0.5, 0.6) is 5.75 Å². The topological polar surface area (TPSA) is 58.6 Å². The highest BCUT2D eigenvalue weighted by atomic mass is 16.5. The first-order chi connectivity index (χ1) is 10.0. The van der Waals surface area contributed by atoms with Crippen molar-refractivity contribution < 1.29 is 14.6 Å². The standard InChI is InChI=1S/C17H19NO3/c1-11-7-8-16(19)15(9-11)12(2)18-14-6-4-5-13(10-14)17(20)21-3/h4-10,12,18-19H,1-3H3. The van der Waals surface area contributed by atoms with Crippen LogP contribution in [0.15, 0.2) is 42.5 Å². The van der Waals surface area contributed by atoms with Crippen LogP contribution in [0.25, 0.3) is 0 Å². The molecule has 0 aliphatic carbocycles. The average Bonchev–Trinajstić information content (AvgIpc) is 2.49. The van der Waals surface area contributed by atoms with Crippen LogP contribution in [0.3, 0.4) is 0 Å². The van der Waals surface area contributed by atoms with Gasteiger partial charge in [-0.3, -0.25) is 0 Å². The Hall–Kier alpha value is -2.49. The van der Waals surface area contributed by atoms with Gasteiger partial charge in [0.05, 0.1) is 18.7 Å². The minimum atomic E-state index is -0.371. The third-order valence-electron chi connectivity index (χ3n) is 3.32. The zero-order valence-electron chi connectivity index (χ0n) is 12.4. The maximum absolute atomic E-state index is 11.5. The van der Waals surface area contributed by atoms with E-state index in [0.29, 0.717) is 5.56 Å². The summed E-state index contributed by atoms with van der Waals surface area (Å²) in [6.07, 6.45) is 0. The number of anilines is 1. The molecule has 0 saturated heterocycles. The summed E-state index contributed by atoms with van der Waals surface area (Å²) in [6.45, 7) is 3.94. The van der Waals surface area contributed by atoms with Gasteiger partial charge in [-0.2, -0.15) is 0 Å². The summed E-state index contributed by atoms with van der Waals surface area (Å²) in [4.78, 5) is 11.5. The number of rotatable bonds is 4. The third kappa shape index (κ3) is 3.54. The molecule has 4 heteroatoms. The zero-order chi connectivity index (χ0) is 15.4. The van der Waals surface area contributed by atoms with Crippen LogP contribution in [0.4, 0.5) is 5.69 Å². The van der Waals surface area contributed by atoms with E-state index in [9.17, 15) is 9.90 Å². The fourth-order valence-electron chi connectivity index (χ4n) is 2.20. The Labute approximate surface area is 124 Å². The van der Waals surface area contributed by atoms with Gasteiger partial charge in [0.2, 0.25) is 0 Å². The summed E-state index contributed by atoms with van der Waals surface area (Å²) in [5, 5.41) is 13.2. The Morgan fingerprint density at radius 2 is 2.00 bits per heavy atom. The summed E-state index contributed by atoms with van der Waals surface area (Å²) < 4.78 is 4.71. The molecule has 1 unspecified atom stereocenters. The van der Waals surface area contributed by atoms with Crippen molar-refractivity contribution in [3.63, 3.8) is 0 Å². The zero-order valence-corrected chi connectivity index (χ0v) is 12.4. The van der Waals surface area contributed by atoms with Crippen molar-refractivity contribution in [1.82, 2.24) is 0 Å². The number of phenols is 1. The summed E-state index contributed by atoms with van der Waals surface area (Å²) in [7, 11) is 1.36. The fraction of sp³-hybridized carbons (Fsp3) is 0.235. The number of esters is 1. The van der Waals surface area contributed by atoms with E-state index in [1.807, 2.05) is 32.0 Å². The van der Waals surface area contributed by atoms with E-state index in [1.165, 1.54) is 7.11 Å². The van der Waals surface area contributed by atoms with Crippen LogP contribution in [0.2, 0.25) is 0 Å². The maximum Gasteiger partial charge on any atom is 0.337 e. The molecule has 0 amide bonds. The van der Waals surface area contributed by atoms with Gasteiger partial charge in [-0.1, -0.05) is 23.8 Å². The molecule has 0 bridgehead atoms. The minimum Gasteiger partial charge on any atom is -0.508 e. The smallest absolute Gasteiger partial charge is 0.337 e. The molecule has 110 valence electrons. The molecule has 4 nitrogen and oxygen atoms in total. The van der Waals surface area contributed by atoms with Crippen LogP contribution in [0, 0.1) is 6.92 Å². The molecule has 2 aromatic carbocycles. The number of aryl methyl sites for hydroxylation is 1. The van der Waals surface area contributed by atoms with Gasteiger partial charge in [0.1, 0.15) is 5.75 Å². The van der Waals surface area contributed by atoms with Crippen molar-refractivity contribution in [2.75, 3.05) is 12.4 Å². The van der Waals surface area contributed by atoms with Crippen molar-refractivity contribution in [2.24, 2.45) is 0 Å². The minimum absolute atomic E-state index is 0.0854. The Bertz CT molecular complexity index is 652. The van der Waals surface area contributed by atoms with Crippen LogP contribution in [-0.4, -0.2) is 18.2 Å². The summed E-state index contributed by atoms with van der Waals surface area (Å²) in [6, 6.07) is 12.5. The number of nitrogens with one attached hydrogen (secondary N) is 1. The molecule has 2 rings (SSSR count). The van der Waals surface area contributed by atoms with Gasteiger partial charge >= 0.3 is 5.97 Å². The molecule has 0 aliphatic rings. The molecule has 0 aromatic heterocycles. The highest BCUT2D eigenvalue weighted by Crippen LogP contribution is 2.28. The molecule has 0 radical (unpaired) electrons. The Kier molecular flexibility index (Phi) is 4.48. The molecule has 0 heterocycles. The number of hydrogen-bond donors (Lipinski definition) is 2. The monoisotopic (exact) mass is 285 g/mol. The Balaban J connectivity index is 2.21. The number of aromatic hydroxyl groups is 1. The van der Waals surface area contributed by atoms with Crippen LogP contribution < -0.4 is 5.32 Å². The SMILES string of the molecule is COC(=O)c1cccc(NC(C)c2cc(C)ccc2O)c1. The second-order valence-corrected chi connectivity index (χ2v) is 5.00. The van der Waals surface area contributed by atoms with Crippen molar-refractivity contribution in [3.05, 3.63) is 59.2 Å². The first-order valence-electron chi connectivity index (χ1n) is 6.75. The lowest BCUT2D eigenvalue weighted by Gasteiger charge is -2.18. The van der Waals surface area contributed by atoms with Gasteiger partial charge in [0, 0.05) is 11.3 Å². The molecular formula is C17H19NO3. The van der Waals surface area contributed by atoms with Crippen molar-refractivity contribution in [3.8, 4) is 5.75 Å². The van der Waals surface area contributed by atoms with E-state index in [4.69, 9.17) is 4.74 Å². The number of carbonyl (C=O) groups excluding carboxylic acids is 1. The predicted molar refractivity (Wildman–Crippen MR) is 82.7 cm³/mol. The maximum atomic E-state index is 11.5. The van der Waals surface area contributed by atoms with E-state index in [0.717, 1.165) is 16.8 Å². The highest BCUT2D eigenvalue weighted by molar-refractivity contribution is 5.90. The fourth-order valence-corrected chi connectivity index (χ4v) is 2.20. The summed E-state index contributed by atoms with van der Waals surface area (Å²) in [5.74, 6) is -0.116. The molecule has 2 N–H and O–H groups in total. The number of hydrogen-bond acceptors (Lipinski definition) is 4.